The fourth-order valence-electron chi connectivity index (χ4n) is 2.57. The Morgan fingerprint density at radius 1 is 0.889 bits per heavy atom. The zero-order valence-electron chi connectivity index (χ0n) is 14.2. The maximum absolute atomic E-state index is 12.3. The van der Waals surface area contributed by atoms with Crippen LogP contribution in [0.3, 0.4) is 0 Å². The largest absolute Gasteiger partial charge is 0.362 e. The van der Waals surface area contributed by atoms with Crippen LogP contribution < -0.4 is 10.6 Å². The quantitative estimate of drug-likeness (QED) is 0.313. The number of amides is 1. The van der Waals surface area contributed by atoms with Crippen LogP contribution in [0, 0.1) is 0 Å². The van der Waals surface area contributed by atoms with Crippen molar-refractivity contribution >= 4 is 63.2 Å². The molecular weight excluding hydrogens is 403 g/mol. The SMILES string of the molecule is O=C(/C=C/c1ccccc1)N[C@@H](Nc1ccc2ccccc2c1)C(Cl)(Cl)Cl. The smallest absolute Gasteiger partial charge is 0.245 e. The molecule has 0 saturated heterocycles. The van der Waals surface area contributed by atoms with Crippen LogP contribution in [0.2, 0.25) is 0 Å². The molecule has 0 aliphatic heterocycles. The Labute approximate surface area is 172 Å². The van der Waals surface area contributed by atoms with Gasteiger partial charge in [0.1, 0.15) is 6.17 Å². The number of rotatable bonds is 5. The van der Waals surface area contributed by atoms with Gasteiger partial charge in [0.25, 0.3) is 0 Å². The molecule has 0 aromatic heterocycles. The van der Waals surface area contributed by atoms with Gasteiger partial charge in [-0.3, -0.25) is 4.79 Å². The van der Waals surface area contributed by atoms with Gasteiger partial charge in [0.15, 0.2) is 0 Å². The Balaban J connectivity index is 1.73. The molecule has 0 unspecified atom stereocenters. The van der Waals surface area contributed by atoms with Crippen molar-refractivity contribution in [3.63, 3.8) is 0 Å². The molecule has 0 heterocycles. The standard InChI is InChI=1S/C21H17Cl3N2O/c22-21(23,24)20(26-19(27)13-10-15-6-2-1-3-7-15)25-18-12-11-16-8-4-5-9-17(16)14-18/h1-14,20,25H,(H,26,27)/b13-10+/t20-/m1/s1. The Kier molecular flexibility index (Phi) is 6.27. The van der Waals surface area contributed by atoms with E-state index in [4.69, 9.17) is 34.8 Å². The van der Waals surface area contributed by atoms with Crippen LogP contribution >= 0.6 is 34.8 Å². The Bertz CT molecular complexity index is 952. The average Bonchev–Trinajstić information content (AvgIpc) is 2.66. The summed E-state index contributed by atoms with van der Waals surface area (Å²) in [5.74, 6) is -0.372. The first-order chi connectivity index (χ1) is 12.9. The highest BCUT2D eigenvalue weighted by Crippen LogP contribution is 2.31. The normalized spacial score (nSPS) is 12.9. The van der Waals surface area contributed by atoms with E-state index in [1.807, 2.05) is 72.8 Å². The fraction of sp³-hybridized carbons (Fsp3) is 0.0952. The van der Waals surface area contributed by atoms with Crippen molar-refractivity contribution in [2.24, 2.45) is 0 Å². The molecule has 0 aliphatic rings. The van der Waals surface area contributed by atoms with Crippen LogP contribution in [0.5, 0.6) is 0 Å². The molecule has 3 aromatic carbocycles. The number of carbonyl (C=O) groups excluding carboxylic acids is 1. The van der Waals surface area contributed by atoms with Crippen LogP contribution in [-0.2, 0) is 4.79 Å². The Hall–Kier alpha value is -2.20. The molecule has 3 nitrogen and oxygen atoms in total. The summed E-state index contributed by atoms with van der Waals surface area (Å²) in [7, 11) is 0. The maximum atomic E-state index is 12.3. The molecule has 0 bridgehead atoms. The molecule has 138 valence electrons. The van der Waals surface area contributed by atoms with E-state index in [0.29, 0.717) is 0 Å². The summed E-state index contributed by atoms with van der Waals surface area (Å²) in [4.78, 5) is 12.3. The first kappa shape index (κ1) is 19.6. The van der Waals surface area contributed by atoms with Gasteiger partial charge in [-0.15, -0.1) is 0 Å². The summed E-state index contributed by atoms with van der Waals surface area (Å²) >= 11 is 18.2. The van der Waals surface area contributed by atoms with Gasteiger partial charge in [0.05, 0.1) is 0 Å². The average molecular weight is 420 g/mol. The third-order valence-corrected chi connectivity index (χ3v) is 4.56. The second-order valence-corrected chi connectivity index (χ2v) is 8.30. The number of benzene rings is 3. The molecule has 0 fully saturated rings. The van der Waals surface area contributed by atoms with E-state index in [2.05, 4.69) is 10.6 Å². The minimum absolute atomic E-state index is 0.372. The molecule has 6 heteroatoms. The molecule has 0 spiro atoms. The van der Waals surface area contributed by atoms with Crippen molar-refractivity contribution in [2.75, 3.05) is 5.32 Å². The lowest BCUT2D eigenvalue weighted by atomic mass is 10.1. The van der Waals surface area contributed by atoms with Gasteiger partial charge < -0.3 is 10.6 Å². The maximum Gasteiger partial charge on any atom is 0.245 e. The zero-order valence-corrected chi connectivity index (χ0v) is 16.5. The number of fused-ring (bicyclic) bond motifs is 1. The highest BCUT2D eigenvalue weighted by molar-refractivity contribution is 6.68. The van der Waals surface area contributed by atoms with Gasteiger partial charge in [-0.1, -0.05) is 95.5 Å². The molecule has 3 rings (SSSR count). The number of carbonyl (C=O) groups is 1. The second kappa shape index (κ2) is 8.66. The minimum Gasteiger partial charge on any atom is -0.362 e. The van der Waals surface area contributed by atoms with Crippen LogP contribution in [0.4, 0.5) is 5.69 Å². The molecule has 0 saturated carbocycles. The lowest BCUT2D eigenvalue weighted by molar-refractivity contribution is -0.116. The molecule has 1 atom stereocenters. The lowest BCUT2D eigenvalue weighted by Crippen LogP contribution is -2.48. The van der Waals surface area contributed by atoms with E-state index in [-0.39, 0.29) is 5.91 Å². The van der Waals surface area contributed by atoms with Crippen molar-refractivity contribution in [1.29, 1.82) is 0 Å². The highest BCUT2D eigenvalue weighted by Gasteiger charge is 2.33. The van der Waals surface area contributed by atoms with Gasteiger partial charge in [0, 0.05) is 11.8 Å². The zero-order chi connectivity index (χ0) is 19.3. The predicted molar refractivity (Wildman–Crippen MR) is 115 cm³/mol. The van der Waals surface area contributed by atoms with Crippen molar-refractivity contribution in [2.45, 2.75) is 9.96 Å². The van der Waals surface area contributed by atoms with Crippen LogP contribution in [0.15, 0.2) is 78.9 Å². The molecule has 3 aromatic rings. The monoisotopic (exact) mass is 418 g/mol. The molecule has 1 amide bonds. The lowest BCUT2D eigenvalue weighted by Gasteiger charge is -2.27. The van der Waals surface area contributed by atoms with Gasteiger partial charge in [-0.05, 0) is 34.5 Å². The van der Waals surface area contributed by atoms with E-state index in [1.54, 1.807) is 6.08 Å². The first-order valence-electron chi connectivity index (χ1n) is 8.27. The molecule has 2 N–H and O–H groups in total. The number of halogens is 3. The summed E-state index contributed by atoms with van der Waals surface area (Å²) in [6, 6.07) is 23.2. The van der Waals surface area contributed by atoms with E-state index in [9.17, 15) is 4.79 Å². The number of hydrogen-bond donors (Lipinski definition) is 2. The van der Waals surface area contributed by atoms with E-state index < -0.39 is 9.96 Å². The van der Waals surface area contributed by atoms with Gasteiger partial charge in [-0.2, -0.15) is 0 Å². The van der Waals surface area contributed by atoms with Crippen molar-refractivity contribution < 1.29 is 4.79 Å². The summed E-state index contributed by atoms with van der Waals surface area (Å²) in [5, 5.41) is 7.91. The number of nitrogens with one attached hydrogen (secondary N) is 2. The first-order valence-corrected chi connectivity index (χ1v) is 9.41. The summed E-state index contributed by atoms with van der Waals surface area (Å²) in [6.07, 6.45) is 2.19. The molecule has 0 aliphatic carbocycles. The number of anilines is 1. The molecule has 27 heavy (non-hydrogen) atoms. The van der Waals surface area contributed by atoms with Crippen LogP contribution in [0.25, 0.3) is 16.8 Å². The van der Waals surface area contributed by atoms with Crippen molar-refractivity contribution in [3.8, 4) is 0 Å². The number of alkyl halides is 3. The third-order valence-electron chi connectivity index (χ3n) is 3.90. The topological polar surface area (TPSA) is 41.1 Å². The highest BCUT2D eigenvalue weighted by atomic mass is 35.6. The van der Waals surface area contributed by atoms with Crippen molar-refractivity contribution in [1.82, 2.24) is 5.32 Å². The summed E-state index contributed by atoms with van der Waals surface area (Å²) < 4.78 is -1.73. The van der Waals surface area contributed by atoms with Gasteiger partial charge in [0.2, 0.25) is 9.70 Å². The minimum atomic E-state index is -1.73. The Morgan fingerprint density at radius 3 is 2.26 bits per heavy atom. The summed E-state index contributed by atoms with van der Waals surface area (Å²) in [6.45, 7) is 0. The fourth-order valence-corrected chi connectivity index (χ4v) is 2.90. The van der Waals surface area contributed by atoms with E-state index in [0.717, 1.165) is 22.0 Å². The predicted octanol–water partition coefficient (Wildman–Crippen LogP) is 5.78. The third kappa shape index (κ3) is 5.64. The second-order valence-electron chi connectivity index (χ2n) is 5.93. The number of hydrogen-bond acceptors (Lipinski definition) is 2. The van der Waals surface area contributed by atoms with Crippen molar-refractivity contribution in [3.05, 3.63) is 84.4 Å². The van der Waals surface area contributed by atoms with E-state index >= 15 is 0 Å². The van der Waals surface area contributed by atoms with Gasteiger partial charge >= 0.3 is 0 Å². The Morgan fingerprint density at radius 2 is 1.56 bits per heavy atom. The van der Waals surface area contributed by atoms with Gasteiger partial charge in [-0.25, -0.2) is 0 Å². The molecule has 0 radical (unpaired) electrons. The summed E-state index contributed by atoms with van der Waals surface area (Å²) in [5.41, 5.74) is 1.64. The van der Waals surface area contributed by atoms with Crippen LogP contribution in [0.1, 0.15) is 5.56 Å². The van der Waals surface area contributed by atoms with Crippen LogP contribution in [-0.4, -0.2) is 15.9 Å². The van der Waals surface area contributed by atoms with E-state index in [1.165, 1.54) is 6.08 Å². The molecular formula is C21H17Cl3N2O.